The first-order valence-corrected chi connectivity index (χ1v) is 5.29. The number of hydrogen-bond acceptors (Lipinski definition) is 2. The standard InChI is InChI=1S/C12H14N3O/c1-2-15-10-14(9-13-15)8-12(16)11-6-4-3-5-7-11/h3-7,9-10H,2,8H2,1H3/q+1. The van der Waals surface area contributed by atoms with Crippen molar-refractivity contribution in [2.24, 2.45) is 0 Å². The Labute approximate surface area is 94.1 Å². The number of hydrogen-bond donors (Lipinski definition) is 0. The molecule has 16 heavy (non-hydrogen) atoms. The molecule has 0 N–H and O–H groups in total. The lowest BCUT2D eigenvalue weighted by molar-refractivity contribution is -0.683. The summed E-state index contributed by atoms with van der Waals surface area (Å²) in [5, 5.41) is 4.11. The number of benzene rings is 1. The molecular formula is C12H14N3O+. The van der Waals surface area contributed by atoms with E-state index in [1.807, 2.05) is 43.6 Å². The molecular weight excluding hydrogens is 202 g/mol. The summed E-state index contributed by atoms with van der Waals surface area (Å²) in [5.41, 5.74) is 0.735. The maximum atomic E-state index is 11.9. The molecule has 82 valence electrons. The average Bonchev–Trinajstić information content (AvgIpc) is 2.78. The fourth-order valence-electron chi connectivity index (χ4n) is 1.49. The van der Waals surface area contributed by atoms with Gasteiger partial charge in [0.2, 0.25) is 6.33 Å². The van der Waals surface area contributed by atoms with Crippen LogP contribution in [0.3, 0.4) is 0 Å². The topological polar surface area (TPSA) is 38.8 Å². The minimum absolute atomic E-state index is 0.0984. The molecule has 2 rings (SSSR count). The smallest absolute Gasteiger partial charge is 0.265 e. The van der Waals surface area contributed by atoms with E-state index >= 15 is 0 Å². The Morgan fingerprint density at radius 1 is 1.38 bits per heavy atom. The molecule has 0 radical (unpaired) electrons. The van der Waals surface area contributed by atoms with Crippen molar-refractivity contribution in [2.75, 3.05) is 0 Å². The number of rotatable bonds is 4. The highest BCUT2D eigenvalue weighted by Gasteiger charge is 2.10. The van der Waals surface area contributed by atoms with Crippen molar-refractivity contribution in [2.45, 2.75) is 20.0 Å². The Bertz CT molecular complexity index is 476. The van der Waals surface area contributed by atoms with E-state index in [2.05, 4.69) is 5.10 Å². The lowest BCUT2D eigenvalue weighted by Gasteiger charge is -1.97. The van der Waals surface area contributed by atoms with Crippen molar-refractivity contribution in [1.82, 2.24) is 9.78 Å². The summed E-state index contributed by atoms with van der Waals surface area (Å²) in [4.78, 5) is 11.9. The van der Waals surface area contributed by atoms with Gasteiger partial charge in [0.15, 0.2) is 5.78 Å². The molecule has 0 saturated heterocycles. The van der Waals surface area contributed by atoms with E-state index in [-0.39, 0.29) is 5.78 Å². The van der Waals surface area contributed by atoms with Gasteiger partial charge < -0.3 is 0 Å². The SMILES string of the molecule is CCn1c[n+](CC(=O)c2ccccc2)cn1. The lowest BCUT2D eigenvalue weighted by atomic mass is 10.1. The van der Waals surface area contributed by atoms with Gasteiger partial charge in [0.25, 0.3) is 6.33 Å². The van der Waals surface area contributed by atoms with Crippen LogP contribution >= 0.6 is 0 Å². The first kappa shape index (κ1) is 10.5. The van der Waals surface area contributed by atoms with Crippen molar-refractivity contribution in [3.63, 3.8) is 0 Å². The highest BCUT2D eigenvalue weighted by atomic mass is 16.1. The molecule has 2 aromatic rings. The minimum Gasteiger partial charge on any atom is -0.291 e. The largest absolute Gasteiger partial charge is 0.291 e. The van der Waals surface area contributed by atoms with Crippen LogP contribution in [0.15, 0.2) is 43.0 Å². The van der Waals surface area contributed by atoms with Crippen LogP contribution in [0, 0.1) is 0 Å². The van der Waals surface area contributed by atoms with E-state index in [4.69, 9.17) is 0 Å². The zero-order valence-corrected chi connectivity index (χ0v) is 9.21. The Kier molecular flexibility index (Phi) is 3.10. The predicted octanol–water partition coefficient (Wildman–Crippen LogP) is 1.07. The molecule has 0 saturated carbocycles. The maximum Gasteiger partial charge on any atom is 0.265 e. The summed E-state index contributed by atoms with van der Waals surface area (Å²) >= 11 is 0. The lowest BCUT2D eigenvalue weighted by Crippen LogP contribution is -2.35. The van der Waals surface area contributed by atoms with Crippen molar-refractivity contribution < 1.29 is 9.36 Å². The first-order valence-electron chi connectivity index (χ1n) is 5.29. The van der Waals surface area contributed by atoms with Crippen molar-refractivity contribution in [1.29, 1.82) is 0 Å². The number of nitrogens with zero attached hydrogens (tertiary/aromatic N) is 3. The van der Waals surface area contributed by atoms with Gasteiger partial charge >= 0.3 is 0 Å². The van der Waals surface area contributed by atoms with Crippen LogP contribution in [0.4, 0.5) is 0 Å². The van der Waals surface area contributed by atoms with E-state index in [0.29, 0.717) is 6.54 Å². The van der Waals surface area contributed by atoms with Gasteiger partial charge in [-0.3, -0.25) is 4.79 Å². The average molecular weight is 216 g/mol. The summed E-state index contributed by atoms with van der Waals surface area (Å²) in [6.07, 6.45) is 3.51. The van der Waals surface area contributed by atoms with Gasteiger partial charge in [-0.1, -0.05) is 30.3 Å². The Morgan fingerprint density at radius 3 is 2.75 bits per heavy atom. The molecule has 0 atom stereocenters. The first-order chi connectivity index (χ1) is 7.79. The van der Waals surface area contributed by atoms with Crippen molar-refractivity contribution in [3.8, 4) is 0 Å². The highest BCUT2D eigenvalue weighted by molar-refractivity contribution is 5.94. The summed E-state index contributed by atoms with van der Waals surface area (Å²) in [6, 6.07) is 9.29. The predicted molar refractivity (Wildman–Crippen MR) is 58.9 cm³/mol. The van der Waals surface area contributed by atoms with Crippen LogP contribution in [0.1, 0.15) is 17.3 Å². The summed E-state index contributed by atoms with van der Waals surface area (Å²) in [5.74, 6) is 0.0984. The van der Waals surface area contributed by atoms with E-state index in [1.54, 1.807) is 15.6 Å². The fraction of sp³-hybridized carbons (Fsp3) is 0.250. The molecule has 0 fully saturated rings. The maximum absolute atomic E-state index is 11.9. The number of carbonyl (C=O) groups is 1. The third kappa shape index (κ3) is 2.34. The van der Waals surface area contributed by atoms with Gasteiger partial charge in [-0.25, -0.2) is 4.57 Å². The van der Waals surface area contributed by atoms with E-state index in [1.165, 1.54) is 0 Å². The zero-order valence-electron chi connectivity index (χ0n) is 9.21. The molecule has 0 aliphatic heterocycles. The molecule has 0 unspecified atom stereocenters. The molecule has 4 heteroatoms. The molecule has 4 nitrogen and oxygen atoms in total. The fourth-order valence-corrected chi connectivity index (χ4v) is 1.49. The molecule has 1 aromatic carbocycles. The Balaban J connectivity index is 2.08. The molecule has 0 aliphatic rings. The third-order valence-corrected chi connectivity index (χ3v) is 2.38. The second-order valence-corrected chi connectivity index (χ2v) is 3.56. The normalized spacial score (nSPS) is 10.3. The monoisotopic (exact) mass is 216 g/mol. The third-order valence-electron chi connectivity index (χ3n) is 2.38. The summed E-state index contributed by atoms with van der Waals surface area (Å²) in [7, 11) is 0. The van der Waals surface area contributed by atoms with Gasteiger partial charge in [-0.15, -0.1) is 4.68 Å². The van der Waals surface area contributed by atoms with E-state index < -0.39 is 0 Å². The number of carbonyl (C=O) groups excluding carboxylic acids is 1. The quantitative estimate of drug-likeness (QED) is 0.566. The van der Waals surface area contributed by atoms with Crippen molar-refractivity contribution >= 4 is 5.78 Å². The van der Waals surface area contributed by atoms with Crippen LogP contribution in [-0.2, 0) is 13.1 Å². The zero-order chi connectivity index (χ0) is 11.4. The van der Waals surface area contributed by atoms with Crippen LogP contribution in [0.25, 0.3) is 0 Å². The van der Waals surface area contributed by atoms with Crippen LogP contribution in [0.5, 0.6) is 0 Å². The van der Waals surface area contributed by atoms with Gasteiger partial charge in [-0.2, -0.15) is 0 Å². The van der Waals surface area contributed by atoms with E-state index in [0.717, 1.165) is 12.1 Å². The van der Waals surface area contributed by atoms with Gasteiger partial charge in [0, 0.05) is 10.7 Å². The van der Waals surface area contributed by atoms with Crippen LogP contribution in [-0.4, -0.2) is 15.6 Å². The highest BCUT2D eigenvalue weighted by Crippen LogP contribution is 1.99. The molecule has 0 spiro atoms. The van der Waals surface area contributed by atoms with Crippen molar-refractivity contribution in [3.05, 3.63) is 48.5 Å². The molecule has 0 aliphatic carbocycles. The Hall–Kier alpha value is -1.97. The second kappa shape index (κ2) is 4.70. The number of aryl methyl sites for hydroxylation is 1. The Morgan fingerprint density at radius 2 is 2.12 bits per heavy atom. The number of aromatic nitrogens is 3. The summed E-state index contributed by atoms with van der Waals surface area (Å²) < 4.78 is 3.58. The van der Waals surface area contributed by atoms with Crippen LogP contribution in [0.2, 0.25) is 0 Å². The van der Waals surface area contributed by atoms with Crippen LogP contribution < -0.4 is 4.57 Å². The number of ketones is 1. The molecule has 0 amide bonds. The summed E-state index contributed by atoms with van der Waals surface area (Å²) in [6.45, 7) is 3.16. The number of Topliss-reactive ketones (excluding diaryl/α,β-unsaturated/α-hetero) is 1. The van der Waals surface area contributed by atoms with E-state index in [9.17, 15) is 4.79 Å². The minimum atomic E-state index is 0.0984. The van der Waals surface area contributed by atoms with Gasteiger partial charge in [-0.05, 0) is 6.92 Å². The molecule has 0 bridgehead atoms. The molecule has 1 heterocycles. The van der Waals surface area contributed by atoms with Gasteiger partial charge in [0.1, 0.15) is 13.1 Å². The van der Waals surface area contributed by atoms with Gasteiger partial charge in [0.05, 0.1) is 0 Å². The molecule has 1 aromatic heterocycles. The second-order valence-electron chi connectivity index (χ2n) is 3.56.